The maximum atomic E-state index is 8.94. The van der Waals surface area contributed by atoms with Crippen LogP contribution >= 0.6 is 0 Å². The lowest BCUT2D eigenvalue weighted by molar-refractivity contribution is 0.304. The molecule has 0 radical (unpaired) electrons. The Labute approximate surface area is 94.3 Å². The van der Waals surface area contributed by atoms with Crippen molar-refractivity contribution < 1.29 is 5.11 Å². The average Bonchev–Trinajstić information content (AvgIpc) is 2.29. The van der Waals surface area contributed by atoms with Crippen molar-refractivity contribution in [1.29, 1.82) is 0 Å². The number of pyridine rings is 1. The number of likely N-dealkylation sites (N-methyl/N-ethyl adjacent to an activating group) is 1. The number of anilines is 2. The van der Waals surface area contributed by atoms with Gasteiger partial charge in [-0.25, -0.2) is 0 Å². The van der Waals surface area contributed by atoms with E-state index in [4.69, 9.17) is 10.8 Å². The predicted octanol–water partition coefficient (Wildman–Crippen LogP) is 1.25. The van der Waals surface area contributed by atoms with E-state index >= 15 is 0 Å². The van der Waals surface area contributed by atoms with Crippen LogP contribution in [-0.4, -0.2) is 30.3 Å². The van der Waals surface area contributed by atoms with Gasteiger partial charge in [-0.15, -0.1) is 0 Å². The summed E-state index contributed by atoms with van der Waals surface area (Å²) in [5, 5.41) is 9.96. The third-order valence-corrected chi connectivity index (χ3v) is 2.63. The highest BCUT2D eigenvalue weighted by Gasteiger charge is 2.07. The molecule has 0 fully saturated rings. The van der Waals surface area contributed by atoms with Crippen molar-refractivity contribution in [2.75, 3.05) is 30.8 Å². The number of aromatic nitrogens is 1. The minimum Gasteiger partial charge on any atom is -0.397 e. The van der Waals surface area contributed by atoms with Gasteiger partial charge in [0, 0.05) is 30.9 Å². The molecule has 0 unspecified atom stereocenters. The van der Waals surface area contributed by atoms with Crippen molar-refractivity contribution in [3.8, 4) is 0 Å². The minimum atomic E-state index is 0.128. The highest BCUT2D eigenvalue weighted by molar-refractivity contribution is 5.97. The van der Waals surface area contributed by atoms with Gasteiger partial charge in [0.25, 0.3) is 0 Å². The standard InChI is InChI=1S/C12H15N3O/c1-15(7-8-16)11-5-6-14-12-9(11)3-2-4-10(12)13/h2-6,16H,7-8,13H2,1H3. The molecular weight excluding hydrogens is 202 g/mol. The molecule has 0 saturated heterocycles. The molecule has 0 aliphatic heterocycles. The summed E-state index contributed by atoms with van der Waals surface area (Å²) in [5.41, 5.74) is 8.39. The number of rotatable bonds is 3. The lowest BCUT2D eigenvalue weighted by atomic mass is 10.1. The normalized spacial score (nSPS) is 10.6. The Kier molecular flexibility index (Phi) is 2.92. The first kappa shape index (κ1) is 10.7. The Balaban J connectivity index is 2.58. The van der Waals surface area contributed by atoms with Crippen molar-refractivity contribution in [3.05, 3.63) is 30.5 Å². The zero-order valence-corrected chi connectivity index (χ0v) is 9.22. The molecular formula is C12H15N3O. The summed E-state index contributed by atoms with van der Waals surface area (Å²) in [6.45, 7) is 0.719. The molecule has 16 heavy (non-hydrogen) atoms. The lowest BCUT2D eigenvalue weighted by Gasteiger charge is -2.19. The molecule has 0 aliphatic rings. The maximum absolute atomic E-state index is 8.94. The Morgan fingerprint density at radius 3 is 2.94 bits per heavy atom. The van der Waals surface area contributed by atoms with Gasteiger partial charge in [0.2, 0.25) is 0 Å². The Hall–Kier alpha value is -1.81. The van der Waals surface area contributed by atoms with E-state index in [1.165, 1.54) is 0 Å². The Morgan fingerprint density at radius 1 is 1.38 bits per heavy atom. The molecule has 4 heteroatoms. The summed E-state index contributed by atoms with van der Waals surface area (Å²) in [5.74, 6) is 0. The number of nitrogens with zero attached hydrogens (tertiary/aromatic N) is 2. The number of aliphatic hydroxyl groups is 1. The van der Waals surface area contributed by atoms with Crippen molar-refractivity contribution in [1.82, 2.24) is 4.98 Å². The van der Waals surface area contributed by atoms with E-state index in [2.05, 4.69) is 4.98 Å². The fourth-order valence-electron chi connectivity index (χ4n) is 1.79. The summed E-state index contributed by atoms with van der Waals surface area (Å²) < 4.78 is 0. The van der Waals surface area contributed by atoms with Gasteiger partial charge < -0.3 is 15.7 Å². The Morgan fingerprint density at radius 2 is 2.19 bits per heavy atom. The first-order chi connectivity index (χ1) is 7.74. The first-order valence-electron chi connectivity index (χ1n) is 5.19. The zero-order valence-electron chi connectivity index (χ0n) is 9.22. The van der Waals surface area contributed by atoms with Crippen LogP contribution in [0, 0.1) is 0 Å². The van der Waals surface area contributed by atoms with Crippen LogP contribution in [-0.2, 0) is 0 Å². The van der Waals surface area contributed by atoms with Gasteiger partial charge in [-0.3, -0.25) is 4.98 Å². The zero-order chi connectivity index (χ0) is 11.5. The summed E-state index contributed by atoms with van der Waals surface area (Å²) in [7, 11) is 1.94. The quantitative estimate of drug-likeness (QED) is 0.759. The van der Waals surface area contributed by atoms with Gasteiger partial charge in [0.15, 0.2) is 0 Å². The molecule has 0 saturated carbocycles. The third-order valence-electron chi connectivity index (χ3n) is 2.63. The molecule has 2 aromatic rings. The number of hydrogen-bond acceptors (Lipinski definition) is 4. The summed E-state index contributed by atoms with van der Waals surface area (Å²) in [6.07, 6.45) is 1.74. The number of fused-ring (bicyclic) bond motifs is 1. The fourth-order valence-corrected chi connectivity index (χ4v) is 1.79. The van der Waals surface area contributed by atoms with Crippen molar-refractivity contribution >= 4 is 22.3 Å². The van der Waals surface area contributed by atoms with Crippen LogP contribution in [0.2, 0.25) is 0 Å². The SMILES string of the molecule is CN(CCO)c1ccnc2c(N)cccc12. The summed E-state index contributed by atoms with van der Waals surface area (Å²) in [6, 6.07) is 7.67. The molecule has 0 aliphatic carbocycles. The molecule has 1 heterocycles. The van der Waals surface area contributed by atoms with Gasteiger partial charge in [0.1, 0.15) is 0 Å². The average molecular weight is 217 g/mol. The number of nitrogens with two attached hydrogens (primary N) is 1. The highest BCUT2D eigenvalue weighted by atomic mass is 16.3. The largest absolute Gasteiger partial charge is 0.397 e. The van der Waals surface area contributed by atoms with Gasteiger partial charge in [-0.1, -0.05) is 12.1 Å². The van der Waals surface area contributed by atoms with Gasteiger partial charge in [0.05, 0.1) is 17.8 Å². The molecule has 84 valence electrons. The highest BCUT2D eigenvalue weighted by Crippen LogP contribution is 2.27. The second-order valence-electron chi connectivity index (χ2n) is 3.72. The van der Waals surface area contributed by atoms with Gasteiger partial charge in [-0.2, -0.15) is 0 Å². The van der Waals surface area contributed by atoms with E-state index < -0.39 is 0 Å². The fraction of sp³-hybridized carbons (Fsp3) is 0.250. The number of hydrogen-bond donors (Lipinski definition) is 2. The van der Waals surface area contributed by atoms with Crippen LogP contribution < -0.4 is 10.6 Å². The molecule has 4 nitrogen and oxygen atoms in total. The van der Waals surface area contributed by atoms with E-state index in [9.17, 15) is 0 Å². The lowest BCUT2D eigenvalue weighted by Crippen LogP contribution is -2.21. The molecule has 3 N–H and O–H groups in total. The smallest absolute Gasteiger partial charge is 0.0951 e. The van der Waals surface area contributed by atoms with Crippen LogP contribution in [0.5, 0.6) is 0 Å². The van der Waals surface area contributed by atoms with E-state index in [1.807, 2.05) is 36.2 Å². The molecule has 1 aromatic carbocycles. The molecule has 0 atom stereocenters. The molecule has 1 aromatic heterocycles. The van der Waals surface area contributed by atoms with E-state index in [-0.39, 0.29) is 6.61 Å². The van der Waals surface area contributed by atoms with Crippen molar-refractivity contribution in [2.24, 2.45) is 0 Å². The monoisotopic (exact) mass is 217 g/mol. The van der Waals surface area contributed by atoms with Gasteiger partial charge >= 0.3 is 0 Å². The second kappa shape index (κ2) is 4.37. The predicted molar refractivity (Wildman–Crippen MR) is 66.5 cm³/mol. The number of para-hydroxylation sites is 1. The summed E-state index contributed by atoms with van der Waals surface area (Å²) >= 11 is 0. The van der Waals surface area contributed by atoms with E-state index in [0.29, 0.717) is 12.2 Å². The topological polar surface area (TPSA) is 62.4 Å². The molecule has 0 amide bonds. The maximum Gasteiger partial charge on any atom is 0.0951 e. The van der Waals surface area contributed by atoms with Crippen LogP contribution in [0.25, 0.3) is 10.9 Å². The summed E-state index contributed by atoms with van der Waals surface area (Å²) in [4.78, 5) is 6.26. The second-order valence-corrected chi connectivity index (χ2v) is 3.72. The van der Waals surface area contributed by atoms with Crippen LogP contribution in [0.4, 0.5) is 11.4 Å². The van der Waals surface area contributed by atoms with Crippen molar-refractivity contribution in [3.63, 3.8) is 0 Å². The molecule has 2 rings (SSSR count). The molecule has 0 bridgehead atoms. The van der Waals surface area contributed by atoms with Gasteiger partial charge in [-0.05, 0) is 12.1 Å². The van der Waals surface area contributed by atoms with Crippen LogP contribution in [0.3, 0.4) is 0 Å². The third kappa shape index (κ3) is 1.79. The number of aliphatic hydroxyl groups excluding tert-OH is 1. The minimum absolute atomic E-state index is 0.128. The van der Waals surface area contributed by atoms with E-state index in [1.54, 1.807) is 6.20 Å². The van der Waals surface area contributed by atoms with E-state index in [0.717, 1.165) is 16.6 Å². The number of benzene rings is 1. The van der Waals surface area contributed by atoms with Crippen LogP contribution in [0.1, 0.15) is 0 Å². The first-order valence-corrected chi connectivity index (χ1v) is 5.19. The van der Waals surface area contributed by atoms with Crippen LogP contribution in [0.15, 0.2) is 30.5 Å². The number of nitrogen functional groups attached to an aromatic ring is 1. The van der Waals surface area contributed by atoms with Crippen molar-refractivity contribution in [2.45, 2.75) is 0 Å². The Bertz CT molecular complexity index is 499. The molecule has 0 spiro atoms.